The van der Waals surface area contributed by atoms with Crippen molar-refractivity contribution in [3.63, 3.8) is 0 Å². The largest absolute Gasteiger partial charge is 0.493 e. The zero-order valence-electron chi connectivity index (χ0n) is 17.4. The number of carbonyl (C=O) groups excluding carboxylic acids is 1. The Morgan fingerprint density at radius 2 is 1.80 bits per heavy atom. The highest BCUT2D eigenvalue weighted by molar-refractivity contribution is 5.79. The van der Waals surface area contributed by atoms with E-state index in [-0.39, 0.29) is 11.8 Å². The Morgan fingerprint density at radius 3 is 2.50 bits per heavy atom. The normalized spacial score (nSPS) is 16.2. The molecule has 30 heavy (non-hydrogen) atoms. The van der Waals surface area contributed by atoms with Gasteiger partial charge < -0.3 is 18.9 Å². The molecule has 0 spiro atoms. The number of rotatable bonds is 7. The maximum atomic E-state index is 12.5. The molecule has 1 aromatic heterocycles. The lowest BCUT2D eigenvalue weighted by atomic mass is 10.1. The summed E-state index contributed by atoms with van der Waals surface area (Å²) in [6.07, 6.45) is 1.38. The number of likely N-dealkylation sites (tertiary alicyclic amines) is 1. The Labute approximate surface area is 175 Å². The summed E-state index contributed by atoms with van der Waals surface area (Å²) < 4.78 is 16.1. The Morgan fingerprint density at radius 1 is 1.07 bits per heavy atom. The Bertz CT molecular complexity index is 1030. The van der Waals surface area contributed by atoms with Crippen LogP contribution in [0.25, 0.3) is 11.4 Å². The van der Waals surface area contributed by atoms with Gasteiger partial charge in [0, 0.05) is 25.1 Å². The highest BCUT2D eigenvalue weighted by Crippen LogP contribution is 2.33. The van der Waals surface area contributed by atoms with Gasteiger partial charge in [-0.3, -0.25) is 4.79 Å². The first-order chi connectivity index (χ1) is 14.6. The summed E-state index contributed by atoms with van der Waals surface area (Å²) in [5.74, 6) is 2.18. The zero-order chi connectivity index (χ0) is 21.1. The lowest BCUT2D eigenvalue weighted by Gasteiger charge is -2.16. The molecule has 1 aliphatic rings. The number of hydrogen-bond donors (Lipinski definition) is 0. The van der Waals surface area contributed by atoms with Gasteiger partial charge >= 0.3 is 0 Å². The van der Waals surface area contributed by atoms with Crippen LogP contribution in [0, 0.1) is 0 Å². The summed E-state index contributed by atoms with van der Waals surface area (Å²) in [5.41, 5.74) is 3.18. The second-order valence-corrected chi connectivity index (χ2v) is 7.37. The predicted molar refractivity (Wildman–Crippen MR) is 111 cm³/mol. The molecule has 1 aliphatic heterocycles. The number of ether oxygens (including phenoxy) is 2. The SMILES string of the molecule is CCc1ccc(CN2CC(c3nc(-c4ccc(OC)c(OC)c4)no3)CC2=O)cc1. The van der Waals surface area contributed by atoms with Crippen LogP contribution in [0.15, 0.2) is 47.0 Å². The van der Waals surface area contributed by atoms with Crippen LogP contribution < -0.4 is 9.47 Å². The number of carbonyl (C=O) groups is 1. The Hall–Kier alpha value is -3.35. The van der Waals surface area contributed by atoms with Gasteiger partial charge in [0.2, 0.25) is 17.6 Å². The van der Waals surface area contributed by atoms with Crippen molar-refractivity contribution in [1.82, 2.24) is 15.0 Å². The molecule has 0 saturated carbocycles. The first kappa shape index (κ1) is 19.9. The van der Waals surface area contributed by atoms with Crippen molar-refractivity contribution in [2.75, 3.05) is 20.8 Å². The highest BCUT2D eigenvalue weighted by Gasteiger charge is 2.34. The van der Waals surface area contributed by atoms with E-state index in [1.54, 1.807) is 26.4 Å². The fourth-order valence-corrected chi connectivity index (χ4v) is 3.68. The van der Waals surface area contributed by atoms with E-state index in [1.807, 2.05) is 11.0 Å². The molecule has 0 bridgehead atoms. The van der Waals surface area contributed by atoms with Crippen LogP contribution in [0.2, 0.25) is 0 Å². The summed E-state index contributed by atoms with van der Waals surface area (Å²) in [6, 6.07) is 13.8. The number of benzene rings is 2. The molecule has 156 valence electrons. The summed E-state index contributed by atoms with van der Waals surface area (Å²) in [6.45, 7) is 3.29. The molecular formula is C23H25N3O4. The van der Waals surface area contributed by atoms with Gasteiger partial charge in [0.1, 0.15) is 0 Å². The first-order valence-corrected chi connectivity index (χ1v) is 10.0. The van der Waals surface area contributed by atoms with Crippen LogP contribution in [0.5, 0.6) is 11.5 Å². The second kappa shape index (κ2) is 8.57. The third-order valence-electron chi connectivity index (χ3n) is 5.45. The van der Waals surface area contributed by atoms with E-state index >= 15 is 0 Å². The molecule has 4 rings (SSSR count). The number of amides is 1. The van der Waals surface area contributed by atoms with Crippen LogP contribution >= 0.6 is 0 Å². The molecule has 7 nitrogen and oxygen atoms in total. The average Bonchev–Trinajstić information content (AvgIpc) is 3.41. The van der Waals surface area contributed by atoms with E-state index in [4.69, 9.17) is 14.0 Å². The van der Waals surface area contributed by atoms with Crippen LogP contribution in [0.3, 0.4) is 0 Å². The monoisotopic (exact) mass is 407 g/mol. The first-order valence-electron chi connectivity index (χ1n) is 10.0. The van der Waals surface area contributed by atoms with E-state index in [9.17, 15) is 4.79 Å². The molecule has 0 N–H and O–H groups in total. The molecule has 0 radical (unpaired) electrons. The zero-order valence-corrected chi connectivity index (χ0v) is 17.4. The minimum absolute atomic E-state index is 0.102. The molecule has 2 heterocycles. The molecule has 2 aromatic carbocycles. The van der Waals surface area contributed by atoms with Crippen molar-refractivity contribution in [3.05, 3.63) is 59.5 Å². The van der Waals surface area contributed by atoms with Gasteiger partial charge in [-0.1, -0.05) is 36.3 Å². The molecule has 7 heteroatoms. The quantitative estimate of drug-likeness (QED) is 0.592. The number of hydrogen-bond acceptors (Lipinski definition) is 6. The van der Waals surface area contributed by atoms with Crippen molar-refractivity contribution in [1.29, 1.82) is 0 Å². The maximum absolute atomic E-state index is 12.5. The van der Waals surface area contributed by atoms with Gasteiger partial charge in [-0.05, 0) is 35.7 Å². The number of aromatic nitrogens is 2. The smallest absolute Gasteiger partial charge is 0.232 e. The molecule has 0 aliphatic carbocycles. The molecule has 1 unspecified atom stereocenters. The van der Waals surface area contributed by atoms with Gasteiger partial charge in [0.05, 0.1) is 20.1 Å². The summed E-state index contributed by atoms with van der Waals surface area (Å²) in [7, 11) is 3.17. The molecule has 1 saturated heterocycles. The van der Waals surface area contributed by atoms with Crippen molar-refractivity contribution in [2.45, 2.75) is 32.2 Å². The third-order valence-corrected chi connectivity index (χ3v) is 5.45. The minimum atomic E-state index is -0.103. The molecule has 1 atom stereocenters. The number of nitrogens with zero attached hydrogens (tertiary/aromatic N) is 3. The topological polar surface area (TPSA) is 77.7 Å². The van der Waals surface area contributed by atoms with Crippen LogP contribution in [0.4, 0.5) is 0 Å². The number of aryl methyl sites for hydroxylation is 1. The molecular weight excluding hydrogens is 382 g/mol. The Kier molecular flexibility index (Phi) is 5.70. The van der Waals surface area contributed by atoms with E-state index in [0.29, 0.717) is 42.7 Å². The molecule has 3 aromatic rings. The van der Waals surface area contributed by atoms with E-state index < -0.39 is 0 Å². The van der Waals surface area contributed by atoms with Crippen molar-refractivity contribution >= 4 is 5.91 Å². The van der Waals surface area contributed by atoms with E-state index in [0.717, 1.165) is 17.5 Å². The summed E-state index contributed by atoms with van der Waals surface area (Å²) >= 11 is 0. The standard InChI is InChI=1S/C23H25N3O4/c1-4-15-5-7-16(8-6-15)13-26-14-18(12-21(26)27)23-24-22(25-30-23)17-9-10-19(28-2)20(11-17)29-3/h5-11,18H,4,12-14H2,1-3H3. The fourth-order valence-electron chi connectivity index (χ4n) is 3.68. The van der Waals surface area contributed by atoms with Gasteiger partial charge in [-0.25, -0.2) is 0 Å². The van der Waals surface area contributed by atoms with Gasteiger partial charge in [-0.2, -0.15) is 4.98 Å². The van der Waals surface area contributed by atoms with Crippen LogP contribution in [-0.4, -0.2) is 41.7 Å². The van der Waals surface area contributed by atoms with E-state index in [2.05, 4.69) is 41.3 Å². The predicted octanol–water partition coefficient (Wildman–Crippen LogP) is 3.83. The van der Waals surface area contributed by atoms with E-state index in [1.165, 1.54) is 5.56 Å². The second-order valence-electron chi connectivity index (χ2n) is 7.37. The fraction of sp³-hybridized carbons (Fsp3) is 0.348. The van der Waals surface area contributed by atoms with Gasteiger partial charge in [-0.15, -0.1) is 0 Å². The Balaban J connectivity index is 1.46. The summed E-state index contributed by atoms with van der Waals surface area (Å²) in [4.78, 5) is 18.9. The van der Waals surface area contributed by atoms with Crippen molar-refractivity contribution in [2.24, 2.45) is 0 Å². The maximum Gasteiger partial charge on any atom is 0.232 e. The number of methoxy groups -OCH3 is 2. The van der Waals surface area contributed by atoms with Crippen molar-refractivity contribution in [3.8, 4) is 22.9 Å². The average molecular weight is 407 g/mol. The molecule has 1 amide bonds. The molecule has 1 fully saturated rings. The minimum Gasteiger partial charge on any atom is -0.493 e. The van der Waals surface area contributed by atoms with Crippen LogP contribution in [-0.2, 0) is 17.8 Å². The van der Waals surface area contributed by atoms with Crippen molar-refractivity contribution < 1.29 is 18.8 Å². The lowest BCUT2D eigenvalue weighted by Crippen LogP contribution is -2.24. The third kappa shape index (κ3) is 4.01. The van der Waals surface area contributed by atoms with Gasteiger partial charge in [0.25, 0.3) is 0 Å². The highest BCUT2D eigenvalue weighted by atomic mass is 16.5. The van der Waals surface area contributed by atoms with Gasteiger partial charge in [0.15, 0.2) is 11.5 Å². The summed E-state index contributed by atoms with van der Waals surface area (Å²) in [5, 5.41) is 4.10. The van der Waals surface area contributed by atoms with Crippen LogP contribution in [0.1, 0.15) is 36.3 Å². The lowest BCUT2D eigenvalue weighted by molar-refractivity contribution is -0.128.